The van der Waals surface area contributed by atoms with E-state index in [1.165, 1.54) is 4.57 Å². The summed E-state index contributed by atoms with van der Waals surface area (Å²) in [7, 11) is 0. The number of anilines is 3. The Morgan fingerprint density at radius 2 is 1.94 bits per heavy atom. The number of hydrogen-bond donors (Lipinski definition) is 4. The Labute approximate surface area is 186 Å². The van der Waals surface area contributed by atoms with Gasteiger partial charge in [0.1, 0.15) is 23.3 Å². The first kappa shape index (κ1) is 21.1. The van der Waals surface area contributed by atoms with Crippen LogP contribution in [0.3, 0.4) is 0 Å². The van der Waals surface area contributed by atoms with Crippen LogP contribution >= 0.6 is 23.2 Å². The summed E-state index contributed by atoms with van der Waals surface area (Å²) >= 11 is 12.6. The Kier molecular flexibility index (Phi) is 5.35. The molecule has 160 valence electrons. The zero-order valence-electron chi connectivity index (χ0n) is 16.3. The minimum absolute atomic E-state index is 0.0240. The van der Waals surface area contributed by atoms with Gasteiger partial charge in [0.05, 0.1) is 33.1 Å². The predicted octanol–water partition coefficient (Wildman–Crippen LogP) is 2.40. The van der Waals surface area contributed by atoms with Crippen LogP contribution in [0.5, 0.6) is 0 Å². The predicted molar refractivity (Wildman–Crippen MR) is 118 cm³/mol. The lowest BCUT2D eigenvalue weighted by Gasteiger charge is -2.35. The van der Waals surface area contributed by atoms with Crippen molar-refractivity contribution < 1.29 is 5.11 Å². The van der Waals surface area contributed by atoms with E-state index in [0.717, 1.165) is 0 Å². The third-order valence-electron chi connectivity index (χ3n) is 5.24. The van der Waals surface area contributed by atoms with E-state index < -0.39 is 12.1 Å². The zero-order valence-corrected chi connectivity index (χ0v) is 17.8. The molecule has 3 aromatic rings. The first-order chi connectivity index (χ1) is 14.7. The maximum atomic E-state index is 13.4. The van der Waals surface area contributed by atoms with E-state index in [1.807, 2.05) is 6.07 Å². The summed E-state index contributed by atoms with van der Waals surface area (Å²) in [5.74, 6) is 0.294. The normalized spacial score (nSPS) is 18.9. The van der Waals surface area contributed by atoms with E-state index >= 15 is 0 Å². The molecule has 2 aromatic heterocycles. The van der Waals surface area contributed by atoms with Gasteiger partial charge in [0, 0.05) is 6.04 Å². The molecule has 1 aromatic carbocycles. The van der Waals surface area contributed by atoms with Crippen molar-refractivity contribution in [3.05, 3.63) is 43.9 Å². The van der Waals surface area contributed by atoms with Gasteiger partial charge < -0.3 is 21.9 Å². The smallest absolute Gasteiger partial charge is 0.263 e. The van der Waals surface area contributed by atoms with Gasteiger partial charge in [-0.05, 0) is 31.9 Å². The number of aliphatic hydroxyl groups is 1. The number of nitrogens with one attached hydrogen (secondary N) is 1. The summed E-state index contributed by atoms with van der Waals surface area (Å²) < 4.78 is 1.51. The highest BCUT2D eigenvalue weighted by Crippen LogP contribution is 2.35. The lowest BCUT2D eigenvalue weighted by Crippen LogP contribution is -2.40. The second-order valence-electron chi connectivity index (χ2n) is 7.35. The molecule has 31 heavy (non-hydrogen) atoms. The van der Waals surface area contributed by atoms with Crippen molar-refractivity contribution in [3.63, 3.8) is 0 Å². The molecule has 1 aliphatic carbocycles. The quantitative estimate of drug-likeness (QED) is 0.456. The number of rotatable bonds is 4. The van der Waals surface area contributed by atoms with Crippen LogP contribution in [0.15, 0.2) is 16.9 Å². The van der Waals surface area contributed by atoms with E-state index in [0.29, 0.717) is 18.7 Å². The first-order valence-corrected chi connectivity index (χ1v) is 10.1. The molecule has 1 saturated carbocycles. The standard InChI is InChI=1S/C19H18Cl2N8O2/c1-7(25-16-10(6-22)15(23)27-19(24)28-16)17-26-14-12(21)3-2-11(20)13(14)18(31)29(17)8-4-9(30)5-8/h2-3,7-9,30H,4-5H2,1H3,(H5,23,24,25,27,28)/t7-,8?,9?/m0/s1. The SMILES string of the molecule is C[C@H](Nc1nc(N)nc(N)c1C#N)c1nc2c(Cl)ccc(Cl)c2c(=O)n1C1CC(O)C1. The largest absolute Gasteiger partial charge is 0.393 e. The maximum absolute atomic E-state index is 13.4. The molecule has 1 atom stereocenters. The maximum Gasteiger partial charge on any atom is 0.263 e. The summed E-state index contributed by atoms with van der Waals surface area (Å²) in [5.41, 5.74) is 11.4. The van der Waals surface area contributed by atoms with Crippen LogP contribution < -0.4 is 22.3 Å². The number of benzene rings is 1. The fourth-order valence-corrected chi connectivity index (χ4v) is 4.09. The number of hydrogen-bond acceptors (Lipinski definition) is 9. The summed E-state index contributed by atoms with van der Waals surface area (Å²) in [6, 6.07) is 4.19. The number of fused-ring (bicyclic) bond motifs is 1. The van der Waals surface area contributed by atoms with Crippen molar-refractivity contribution in [2.24, 2.45) is 0 Å². The number of halogens is 2. The molecule has 0 aliphatic heterocycles. The third-order valence-corrected chi connectivity index (χ3v) is 5.86. The molecule has 1 fully saturated rings. The van der Waals surface area contributed by atoms with Crippen LogP contribution in [0.4, 0.5) is 17.6 Å². The second-order valence-corrected chi connectivity index (χ2v) is 8.16. The molecular formula is C19H18Cl2N8O2. The number of nitriles is 1. The van der Waals surface area contributed by atoms with Crippen molar-refractivity contribution in [2.75, 3.05) is 16.8 Å². The molecular weight excluding hydrogens is 443 g/mol. The highest BCUT2D eigenvalue weighted by Gasteiger charge is 2.33. The molecule has 1 aliphatic rings. The number of nitrogens with two attached hydrogens (primary N) is 2. The molecule has 10 nitrogen and oxygen atoms in total. The van der Waals surface area contributed by atoms with Crippen molar-refractivity contribution in [3.8, 4) is 6.07 Å². The van der Waals surface area contributed by atoms with Crippen LogP contribution in [0.1, 0.15) is 43.2 Å². The van der Waals surface area contributed by atoms with E-state index in [2.05, 4.69) is 20.3 Å². The van der Waals surface area contributed by atoms with Gasteiger partial charge in [0.25, 0.3) is 5.56 Å². The van der Waals surface area contributed by atoms with E-state index in [-0.39, 0.29) is 55.7 Å². The molecule has 0 amide bonds. The molecule has 0 unspecified atom stereocenters. The third kappa shape index (κ3) is 3.61. The molecule has 4 rings (SSSR count). The van der Waals surface area contributed by atoms with E-state index in [4.69, 9.17) is 34.7 Å². The molecule has 2 heterocycles. The van der Waals surface area contributed by atoms with E-state index in [1.54, 1.807) is 19.1 Å². The fourth-order valence-electron chi connectivity index (χ4n) is 3.66. The lowest BCUT2D eigenvalue weighted by molar-refractivity contribution is 0.0454. The van der Waals surface area contributed by atoms with Gasteiger partial charge in [-0.1, -0.05) is 23.2 Å². The first-order valence-electron chi connectivity index (χ1n) is 9.39. The highest BCUT2D eigenvalue weighted by molar-refractivity contribution is 6.39. The minimum atomic E-state index is -0.606. The molecule has 0 bridgehead atoms. The number of nitrogens with zero attached hydrogens (tertiary/aromatic N) is 5. The van der Waals surface area contributed by atoms with Crippen molar-refractivity contribution in [2.45, 2.75) is 38.0 Å². The molecule has 0 saturated heterocycles. The second kappa shape index (κ2) is 7.85. The number of aliphatic hydroxyl groups excluding tert-OH is 1. The number of aromatic nitrogens is 4. The zero-order chi connectivity index (χ0) is 22.4. The molecule has 12 heteroatoms. The average Bonchev–Trinajstić information content (AvgIpc) is 2.68. The van der Waals surface area contributed by atoms with Crippen molar-refractivity contribution in [1.82, 2.24) is 19.5 Å². The van der Waals surface area contributed by atoms with Crippen molar-refractivity contribution >= 4 is 51.7 Å². The Morgan fingerprint density at radius 3 is 2.58 bits per heavy atom. The molecule has 0 radical (unpaired) electrons. The van der Waals surface area contributed by atoms with Gasteiger partial charge in [-0.15, -0.1) is 0 Å². The van der Waals surface area contributed by atoms with Gasteiger partial charge in [-0.3, -0.25) is 9.36 Å². The van der Waals surface area contributed by atoms with Gasteiger partial charge in [0.2, 0.25) is 5.95 Å². The van der Waals surface area contributed by atoms with Gasteiger partial charge in [0.15, 0.2) is 5.82 Å². The van der Waals surface area contributed by atoms with Crippen LogP contribution in [-0.2, 0) is 0 Å². The summed E-state index contributed by atoms with van der Waals surface area (Å²) in [6.45, 7) is 1.74. The van der Waals surface area contributed by atoms with Crippen LogP contribution in [0.2, 0.25) is 10.0 Å². The summed E-state index contributed by atoms with van der Waals surface area (Å²) in [5, 5.41) is 23.0. The van der Waals surface area contributed by atoms with E-state index in [9.17, 15) is 15.2 Å². The summed E-state index contributed by atoms with van der Waals surface area (Å²) in [6.07, 6.45) is 0.314. The lowest BCUT2D eigenvalue weighted by atomic mass is 9.89. The Balaban J connectivity index is 1.89. The summed E-state index contributed by atoms with van der Waals surface area (Å²) in [4.78, 5) is 25.9. The van der Waals surface area contributed by atoms with Gasteiger partial charge in [-0.25, -0.2) is 4.98 Å². The van der Waals surface area contributed by atoms with Crippen LogP contribution in [-0.4, -0.2) is 30.7 Å². The Bertz CT molecular complexity index is 1300. The minimum Gasteiger partial charge on any atom is -0.393 e. The Morgan fingerprint density at radius 1 is 1.26 bits per heavy atom. The average molecular weight is 461 g/mol. The highest BCUT2D eigenvalue weighted by atomic mass is 35.5. The van der Waals surface area contributed by atoms with Gasteiger partial charge >= 0.3 is 0 Å². The van der Waals surface area contributed by atoms with Crippen LogP contribution in [0, 0.1) is 11.3 Å². The van der Waals surface area contributed by atoms with Crippen molar-refractivity contribution in [1.29, 1.82) is 5.26 Å². The number of nitrogen functional groups attached to an aromatic ring is 2. The molecule has 6 N–H and O–H groups in total. The fraction of sp³-hybridized carbons (Fsp3) is 0.316. The Hall–Kier alpha value is -3.13. The molecule has 0 spiro atoms. The van der Waals surface area contributed by atoms with Crippen LogP contribution in [0.25, 0.3) is 10.9 Å². The monoisotopic (exact) mass is 460 g/mol. The topological polar surface area (TPSA) is 169 Å². The van der Waals surface area contributed by atoms with Gasteiger partial charge in [-0.2, -0.15) is 15.2 Å².